The van der Waals surface area contributed by atoms with Crippen molar-refractivity contribution in [3.8, 4) is 0 Å². The van der Waals surface area contributed by atoms with Crippen LogP contribution in [-0.2, 0) is 0 Å². The van der Waals surface area contributed by atoms with Crippen molar-refractivity contribution in [2.45, 2.75) is 109 Å². The first-order valence-corrected chi connectivity index (χ1v) is 9.19. The number of hydrogen-bond donors (Lipinski definition) is 1. The normalized spacial score (nSPS) is 12.5. The summed E-state index contributed by atoms with van der Waals surface area (Å²) in [7, 11) is 0. The van der Waals surface area contributed by atoms with Gasteiger partial charge >= 0.3 is 0 Å². The van der Waals surface area contributed by atoms with E-state index in [-0.39, 0.29) is 6.04 Å². The first-order valence-electron chi connectivity index (χ1n) is 9.19. The lowest BCUT2D eigenvalue weighted by molar-refractivity contribution is 0.528. The summed E-state index contributed by atoms with van der Waals surface area (Å²) in [5.41, 5.74) is 5.80. The van der Waals surface area contributed by atoms with Crippen LogP contribution in [0.1, 0.15) is 103 Å². The molecule has 0 rings (SSSR count). The average molecular weight is 282 g/mol. The summed E-state index contributed by atoms with van der Waals surface area (Å²) in [5.74, 6) is 0. The highest BCUT2D eigenvalue weighted by atomic mass is 14.6. The van der Waals surface area contributed by atoms with Crippen LogP contribution in [0.5, 0.6) is 0 Å². The molecule has 1 nitrogen and oxygen atoms in total. The van der Waals surface area contributed by atoms with E-state index in [9.17, 15) is 0 Å². The third-order valence-corrected chi connectivity index (χ3v) is 4.19. The van der Waals surface area contributed by atoms with Crippen LogP contribution in [-0.4, -0.2) is 6.04 Å². The van der Waals surface area contributed by atoms with Gasteiger partial charge in [-0.1, -0.05) is 103 Å². The van der Waals surface area contributed by atoms with Gasteiger partial charge in [-0.2, -0.15) is 0 Å². The molecule has 0 saturated carbocycles. The second-order valence-corrected chi connectivity index (χ2v) is 6.28. The van der Waals surface area contributed by atoms with Gasteiger partial charge in [0.2, 0.25) is 0 Å². The third kappa shape index (κ3) is 15.8. The molecule has 0 radical (unpaired) electrons. The Bertz CT molecular complexity index is 188. The molecule has 0 saturated heterocycles. The monoisotopic (exact) mass is 281 g/mol. The topological polar surface area (TPSA) is 26.0 Å². The van der Waals surface area contributed by atoms with E-state index in [0.29, 0.717) is 0 Å². The SMILES string of the molecule is C=CC(N)CCCCCCCCCCCCCCCC. The van der Waals surface area contributed by atoms with Crippen molar-refractivity contribution < 1.29 is 0 Å². The fourth-order valence-corrected chi connectivity index (χ4v) is 2.69. The Morgan fingerprint density at radius 2 is 1.05 bits per heavy atom. The van der Waals surface area contributed by atoms with Crippen LogP contribution < -0.4 is 5.73 Å². The van der Waals surface area contributed by atoms with Crippen molar-refractivity contribution >= 4 is 0 Å². The number of hydrogen-bond acceptors (Lipinski definition) is 1. The molecule has 1 atom stereocenters. The summed E-state index contributed by atoms with van der Waals surface area (Å²) in [4.78, 5) is 0. The molecule has 1 heteroatoms. The zero-order chi connectivity index (χ0) is 14.9. The highest BCUT2D eigenvalue weighted by Gasteiger charge is 1.97. The van der Waals surface area contributed by atoms with E-state index in [1.54, 1.807) is 0 Å². The number of nitrogens with two attached hydrogens (primary N) is 1. The Kier molecular flexibility index (Phi) is 16.5. The summed E-state index contributed by atoms with van der Waals surface area (Å²) >= 11 is 0. The van der Waals surface area contributed by atoms with E-state index in [2.05, 4.69) is 13.5 Å². The van der Waals surface area contributed by atoms with Gasteiger partial charge in [-0.15, -0.1) is 6.58 Å². The summed E-state index contributed by atoms with van der Waals surface area (Å²) in [6, 6.07) is 0.215. The average Bonchev–Trinajstić information content (AvgIpc) is 2.47. The molecule has 0 fully saturated rings. The largest absolute Gasteiger partial charge is 0.324 e. The Morgan fingerprint density at radius 3 is 1.40 bits per heavy atom. The lowest BCUT2D eigenvalue weighted by Gasteiger charge is -2.05. The number of rotatable bonds is 16. The third-order valence-electron chi connectivity index (χ3n) is 4.19. The van der Waals surface area contributed by atoms with E-state index in [1.165, 1.54) is 89.9 Å². The van der Waals surface area contributed by atoms with E-state index in [4.69, 9.17) is 5.73 Å². The molecular weight excluding hydrogens is 242 g/mol. The molecule has 0 aliphatic carbocycles. The molecule has 2 N–H and O–H groups in total. The molecule has 0 aliphatic rings. The van der Waals surface area contributed by atoms with Crippen LogP contribution in [0.25, 0.3) is 0 Å². The Morgan fingerprint density at radius 1 is 0.700 bits per heavy atom. The maximum atomic E-state index is 5.80. The van der Waals surface area contributed by atoms with Crippen LogP contribution in [0.15, 0.2) is 12.7 Å². The van der Waals surface area contributed by atoms with E-state index >= 15 is 0 Å². The van der Waals surface area contributed by atoms with Crippen LogP contribution in [0.3, 0.4) is 0 Å². The molecule has 0 spiro atoms. The zero-order valence-corrected chi connectivity index (χ0v) is 14.0. The van der Waals surface area contributed by atoms with E-state index < -0.39 is 0 Å². The molecule has 1 unspecified atom stereocenters. The summed E-state index contributed by atoms with van der Waals surface area (Å²) in [6.45, 7) is 6.01. The minimum Gasteiger partial charge on any atom is -0.324 e. The summed E-state index contributed by atoms with van der Waals surface area (Å²) in [6.07, 6.45) is 22.8. The standard InChI is InChI=1S/C19H39N/c1-3-5-6-7-8-9-10-11-12-13-14-15-16-17-18-19(20)4-2/h4,19H,2-3,5-18,20H2,1H3. The fourth-order valence-electron chi connectivity index (χ4n) is 2.69. The van der Waals surface area contributed by atoms with E-state index in [1.807, 2.05) is 6.08 Å². The van der Waals surface area contributed by atoms with Crippen molar-refractivity contribution in [1.29, 1.82) is 0 Å². The predicted molar refractivity (Wildman–Crippen MR) is 93.1 cm³/mol. The molecule has 0 bridgehead atoms. The van der Waals surface area contributed by atoms with Crippen molar-refractivity contribution in [1.82, 2.24) is 0 Å². The highest BCUT2D eigenvalue weighted by Crippen LogP contribution is 2.13. The highest BCUT2D eigenvalue weighted by molar-refractivity contribution is 4.81. The molecule has 0 aromatic rings. The van der Waals surface area contributed by atoms with Gasteiger partial charge in [0, 0.05) is 6.04 Å². The molecule has 120 valence electrons. The molecule has 0 amide bonds. The second-order valence-electron chi connectivity index (χ2n) is 6.28. The van der Waals surface area contributed by atoms with Gasteiger partial charge in [0.05, 0.1) is 0 Å². The molecule has 0 aromatic heterocycles. The maximum Gasteiger partial charge on any atom is 0.0221 e. The summed E-state index contributed by atoms with van der Waals surface area (Å²) < 4.78 is 0. The van der Waals surface area contributed by atoms with Gasteiger partial charge in [0.25, 0.3) is 0 Å². The quantitative estimate of drug-likeness (QED) is 0.258. The van der Waals surface area contributed by atoms with Gasteiger partial charge in [-0.25, -0.2) is 0 Å². The Labute approximate surface area is 128 Å². The lowest BCUT2D eigenvalue weighted by atomic mass is 10.0. The molecule has 20 heavy (non-hydrogen) atoms. The maximum absolute atomic E-state index is 5.80. The molecule has 0 aliphatic heterocycles. The minimum atomic E-state index is 0.215. The van der Waals surface area contributed by atoms with Crippen LogP contribution >= 0.6 is 0 Å². The molecule has 0 aromatic carbocycles. The fraction of sp³-hybridized carbons (Fsp3) is 0.895. The van der Waals surface area contributed by atoms with Crippen molar-refractivity contribution in [3.63, 3.8) is 0 Å². The van der Waals surface area contributed by atoms with Gasteiger partial charge in [0.15, 0.2) is 0 Å². The molecule has 0 heterocycles. The predicted octanol–water partition coefficient (Wildman–Crippen LogP) is 6.37. The summed E-state index contributed by atoms with van der Waals surface area (Å²) in [5, 5.41) is 0. The minimum absolute atomic E-state index is 0.215. The second kappa shape index (κ2) is 16.8. The van der Waals surface area contributed by atoms with Gasteiger partial charge in [0.1, 0.15) is 0 Å². The van der Waals surface area contributed by atoms with Gasteiger partial charge in [-0.3, -0.25) is 0 Å². The lowest BCUT2D eigenvalue weighted by Crippen LogP contribution is -2.15. The zero-order valence-electron chi connectivity index (χ0n) is 14.0. The van der Waals surface area contributed by atoms with Crippen molar-refractivity contribution in [2.75, 3.05) is 0 Å². The van der Waals surface area contributed by atoms with Crippen LogP contribution in [0, 0.1) is 0 Å². The van der Waals surface area contributed by atoms with Crippen molar-refractivity contribution in [3.05, 3.63) is 12.7 Å². The molecular formula is C19H39N. The smallest absolute Gasteiger partial charge is 0.0221 e. The van der Waals surface area contributed by atoms with Gasteiger partial charge < -0.3 is 5.73 Å². The first-order chi connectivity index (χ1) is 9.81. The van der Waals surface area contributed by atoms with E-state index in [0.717, 1.165) is 6.42 Å². The van der Waals surface area contributed by atoms with Gasteiger partial charge in [-0.05, 0) is 6.42 Å². The number of unbranched alkanes of at least 4 members (excludes halogenated alkanes) is 13. The van der Waals surface area contributed by atoms with Crippen molar-refractivity contribution in [2.24, 2.45) is 5.73 Å². The van der Waals surface area contributed by atoms with Crippen LogP contribution in [0.2, 0.25) is 0 Å². The Balaban J connectivity index is 2.97. The van der Waals surface area contributed by atoms with Crippen LogP contribution in [0.4, 0.5) is 0 Å². The Hall–Kier alpha value is -0.300. The first kappa shape index (κ1) is 19.7.